The summed E-state index contributed by atoms with van der Waals surface area (Å²) < 4.78 is 4.82. The van der Waals surface area contributed by atoms with Crippen LogP contribution in [0.25, 0.3) is 0 Å². The summed E-state index contributed by atoms with van der Waals surface area (Å²) in [5.41, 5.74) is 5.27. The molecule has 0 amide bonds. The Morgan fingerprint density at radius 3 is 2.81 bits per heavy atom. The quantitative estimate of drug-likeness (QED) is 0.725. The molecule has 0 aliphatic carbocycles. The predicted molar refractivity (Wildman–Crippen MR) is 64.0 cm³/mol. The number of nitrogens with two attached hydrogens (primary N) is 1. The van der Waals surface area contributed by atoms with Gasteiger partial charge in [-0.3, -0.25) is 4.79 Å². The topological polar surface area (TPSA) is 55.6 Å². The third-order valence-corrected chi connectivity index (χ3v) is 3.29. The molecule has 0 aromatic carbocycles. The molecule has 1 heterocycles. The van der Waals surface area contributed by atoms with Crippen molar-refractivity contribution in [2.24, 2.45) is 17.1 Å². The summed E-state index contributed by atoms with van der Waals surface area (Å²) >= 11 is 0. The Morgan fingerprint density at radius 1 is 1.56 bits per heavy atom. The summed E-state index contributed by atoms with van der Waals surface area (Å²) in [6.45, 7) is 7.45. The molecule has 0 aromatic rings. The van der Waals surface area contributed by atoms with E-state index >= 15 is 0 Å². The van der Waals surface area contributed by atoms with Crippen LogP contribution in [0.15, 0.2) is 0 Å². The molecule has 1 unspecified atom stereocenters. The van der Waals surface area contributed by atoms with Gasteiger partial charge in [0, 0.05) is 13.1 Å². The first-order valence-electron chi connectivity index (χ1n) is 6.00. The second-order valence-corrected chi connectivity index (χ2v) is 5.35. The smallest absolute Gasteiger partial charge is 0.312 e. The standard InChI is InChI=1S/C12H24N2O2/c1-12(2,11(15)16-3)9-14-6-4-5-10(7-13)8-14/h10H,4-9,13H2,1-3H3. The number of esters is 1. The van der Waals surface area contributed by atoms with E-state index in [9.17, 15) is 4.79 Å². The zero-order valence-electron chi connectivity index (χ0n) is 10.7. The van der Waals surface area contributed by atoms with E-state index in [-0.39, 0.29) is 5.97 Å². The number of rotatable bonds is 4. The fraction of sp³-hybridized carbons (Fsp3) is 0.917. The molecule has 1 atom stereocenters. The predicted octanol–water partition coefficient (Wildman–Crippen LogP) is 0.856. The summed E-state index contributed by atoms with van der Waals surface area (Å²) in [4.78, 5) is 13.9. The minimum absolute atomic E-state index is 0.137. The van der Waals surface area contributed by atoms with Crippen molar-refractivity contribution in [3.63, 3.8) is 0 Å². The van der Waals surface area contributed by atoms with Gasteiger partial charge in [0.1, 0.15) is 0 Å². The van der Waals surface area contributed by atoms with Crippen LogP contribution in [0.5, 0.6) is 0 Å². The minimum Gasteiger partial charge on any atom is -0.469 e. The molecule has 4 nitrogen and oxygen atoms in total. The zero-order chi connectivity index (χ0) is 12.2. The van der Waals surface area contributed by atoms with E-state index in [2.05, 4.69) is 4.90 Å². The maximum atomic E-state index is 11.6. The Kier molecular flexibility index (Phi) is 4.74. The number of carbonyl (C=O) groups excluding carboxylic acids is 1. The van der Waals surface area contributed by atoms with E-state index in [1.54, 1.807) is 0 Å². The molecule has 0 saturated carbocycles. The van der Waals surface area contributed by atoms with Crippen LogP contribution < -0.4 is 5.73 Å². The molecule has 1 fully saturated rings. The Morgan fingerprint density at radius 2 is 2.25 bits per heavy atom. The highest BCUT2D eigenvalue weighted by Crippen LogP contribution is 2.23. The Balaban J connectivity index is 2.49. The van der Waals surface area contributed by atoms with E-state index in [0.717, 1.165) is 26.2 Å². The number of hydrogen-bond acceptors (Lipinski definition) is 4. The largest absolute Gasteiger partial charge is 0.469 e. The molecular weight excluding hydrogens is 204 g/mol. The third kappa shape index (κ3) is 3.46. The van der Waals surface area contributed by atoms with Crippen molar-refractivity contribution in [1.29, 1.82) is 0 Å². The van der Waals surface area contributed by atoms with Gasteiger partial charge in [0.25, 0.3) is 0 Å². The number of piperidine rings is 1. The lowest BCUT2D eigenvalue weighted by Crippen LogP contribution is -2.45. The molecule has 16 heavy (non-hydrogen) atoms. The molecule has 4 heteroatoms. The molecular formula is C12H24N2O2. The van der Waals surface area contributed by atoms with E-state index in [1.165, 1.54) is 20.0 Å². The van der Waals surface area contributed by atoms with Crippen LogP contribution in [0.3, 0.4) is 0 Å². The third-order valence-electron chi connectivity index (χ3n) is 3.29. The van der Waals surface area contributed by atoms with Crippen LogP contribution in [0.2, 0.25) is 0 Å². The van der Waals surface area contributed by atoms with Gasteiger partial charge in [-0.1, -0.05) is 0 Å². The lowest BCUT2D eigenvalue weighted by molar-refractivity contribution is -0.152. The minimum atomic E-state index is -0.425. The maximum absolute atomic E-state index is 11.6. The van der Waals surface area contributed by atoms with E-state index in [0.29, 0.717) is 5.92 Å². The van der Waals surface area contributed by atoms with Gasteiger partial charge in [0.05, 0.1) is 12.5 Å². The molecule has 0 radical (unpaired) electrons. The first-order chi connectivity index (χ1) is 7.49. The van der Waals surface area contributed by atoms with Crippen molar-refractivity contribution in [1.82, 2.24) is 4.90 Å². The summed E-state index contributed by atoms with van der Waals surface area (Å²) in [7, 11) is 1.45. The van der Waals surface area contributed by atoms with Gasteiger partial charge >= 0.3 is 5.97 Å². The molecule has 0 bridgehead atoms. The number of methoxy groups -OCH3 is 1. The first-order valence-corrected chi connectivity index (χ1v) is 6.00. The van der Waals surface area contributed by atoms with Gasteiger partial charge in [0.2, 0.25) is 0 Å². The highest BCUT2D eigenvalue weighted by Gasteiger charge is 2.32. The lowest BCUT2D eigenvalue weighted by Gasteiger charge is -2.36. The second kappa shape index (κ2) is 5.64. The Labute approximate surface area is 98.1 Å². The van der Waals surface area contributed by atoms with Crippen molar-refractivity contribution in [3.8, 4) is 0 Å². The van der Waals surface area contributed by atoms with Crippen LogP contribution in [-0.2, 0) is 9.53 Å². The molecule has 1 aliphatic heterocycles. The van der Waals surface area contributed by atoms with Crippen molar-refractivity contribution in [2.75, 3.05) is 33.3 Å². The van der Waals surface area contributed by atoms with E-state index < -0.39 is 5.41 Å². The monoisotopic (exact) mass is 228 g/mol. The van der Waals surface area contributed by atoms with Crippen LogP contribution in [-0.4, -0.2) is 44.2 Å². The van der Waals surface area contributed by atoms with Gasteiger partial charge in [-0.05, 0) is 45.7 Å². The van der Waals surface area contributed by atoms with E-state index in [4.69, 9.17) is 10.5 Å². The molecule has 0 spiro atoms. The fourth-order valence-electron chi connectivity index (χ4n) is 2.39. The van der Waals surface area contributed by atoms with Gasteiger partial charge in [-0.15, -0.1) is 0 Å². The number of hydrogen-bond donors (Lipinski definition) is 1. The van der Waals surface area contributed by atoms with Gasteiger partial charge in [0.15, 0.2) is 0 Å². The molecule has 94 valence electrons. The van der Waals surface area contributed by atoms with Gasteiger partial charge in [-0.25, -0.2) is 0 Å². The molecule has 1 aliphatic rings. The summed E-state index contributed by atoms with van der Waals surface area (Å²) in [5.74, 6) is 0.449. The van der Waals surface area contributed by atoms with Crippen molar-refractivity contribution in [3.05, 3.63) is 0 Å². The van der Waals surface area contributed by atoms with Gasteiger partial charge in [-0.2, -0.15) is 0 Å². The number of carbonyl (C=O) groups is 1. The normalized spacial score (nSPS) is 23.1. The second-order valence-electron chi connectivity index (χ2n) is 5.35. The Bertz CT molecular complexity index is 241. The van der Waals surface area contributed by atoms with Crippen molar-refractivity contribution < 1.29 is 9.53 Å². The highest BCUT2D eigenvalue weighted by atomic mass is 16.5. The number of nitrogens with zero attached hydrogens (tertiary/aromatic N) is 1. The summed E-state index contributed by atoms with van der Waals surface area (Å²) in [6, 6.07) is 0. The van der Waals surface area contributed by atoms with E-state index in [1.807, 2.05) is 13.8 Å². The maximum Gasteiger partial charge on any atom is 0.312 e. The average Bonchev–Trinajstić information content (AvgIpc) is 2.27. The zero-order valence-corrected chi connectivity index (χ0v) is 10.7. The van der Waals surface area contributed by atoms with Crippen molar-refractivity contribution in [2.45, 2.75) is 26.7 Å². The van der Waals surface area contributed by atoms with Crippen LogP contribution in [0.4, 0.5) is 0 Å². The highest BCUT2D eigenvalue weighted by molar-refractivity contribution is 5.76. The molecule has 2 N–H and O–H groups in total. The Hall–Kier alpha value is -0.610. The first kappa shape index (κ1) is 13.5. The molecule has 1 rings (SSSR count). The number of likely N-dealkylation sites (tertiary alicyclic amines) is 1. The fourth-order valence-corrected chi connectivity index (χ4v) is 2.39. The van der Waals surface area contributed by atoms with Crippen LogP contribution in [0.1, 0.15) is 26.7 Å². The lowest BCUT2D eigenvalue weighted by atomic mass is 9.90. The average molecular weight is 228 g/mol. The molecule has 1 saturated heterocycles. The van der Waals surface area contributed by atoms with Crippen LogP contribution >= 0.6 is 0 Å². The van der Waals surface area contributed by atoms with Gasteiger partial charge < -0.3 is 15.4 Å². The molecule has 0 aromatic heterocycles. The number of ether oxygens (including phenoxy) is 1. The SMILES string of the molecule is COC(=O)C(C)(C)CN1CCCC(CN)C1. The summed E-state index contributed by atoms with van der Waals surface area (Å²) in [6.07, 6.45) is 2.39. The summed E-state index contributed by atoms with van der Waals surface area (Å²) in [5, 5.41) is 0. The van der Waals surface area contributed by atoms with Crippen LogP contribution in [0, 0.1) is 11.3 Å². The van der Waals surface area contributed by atoms with Crippen molar-refractivity contribution >= 4 is 5.97 Å².